The first-order valence-electron chi connectivity index (χ1n) is 9.50. The predicted octanol–water partition coefficient (Wildman–Crippen LogP) is 3.24. The summed E-state index contributed by atoms with van der Waals surface area (Å²) in [5, 5.41) is 2.01. The van der Waals surface area contributed by atoms with Gasteiger partial charge in [-0.25, -0.2) is 0 Å². The molecule has 2 fully saturated rings. The van der Waals surface area contributed by atoms with Gasteiger partial charge in [-0.2, -0.15) is 0 Å². The van der Waals surface area contributed by atoms with Crippen LogP contribution in [-0.2, 0) is 0 Å². The Morgan fingerprint density at radius 2 is 1.64 bits per heavy atom. The van der Waals surface area contributed by atoms with Gasteiger partial charge in [0.15, 0.2) is 0 Å². The number of amides is 2. The molecule has 1 aromatic heterocycles. The van der Waals surface area contributed by atoms with Gasteiger partial charge in [0.2, 0.25) is 0 Å². The fourth-order valence-corrected chi connectivity index (χ4v) is 4.56. The number of piperazine rings is 1. The van der Waals surface area contributed by atoms with Gasteiger partial charge in [0.1, 0.15) is 11.5 Å². The topological polar surface area (TPSA) is 59.1 Å². The van der Waals surface area contributed by atoms with Crippen molar-refractivity contribution in [3.8, 4) is 11.5 Å². The van der Waals surface area contributed by atoms with Crippen LogP contribution in [0, 0.1) is 0 Å². The number of hydrogen-bond acceptors (Lipinski definition) is 5. The van der Waals surface area contributed by atoms with Crippen LogP contribution in [0.25, 0.3) is 0 Å². The maximum Gasteiger partial charge on any atom is 0.264 e. The molecule has 0 unspecified atom stereocenters. The van der Waals surface area contributed by atoms with E-state index in [1.807, 2.05) is 10.3 Å². The lowest BCUT2D eigenvalue weighted by Crippen LogP contribution is -2.50. The molecule has 148 valence electrons. The van der Waals surface area contributed by atoms with E-state index in [4.69, 9.17) is 9.47 Å². The van der Waals surface area contributed by atoms with Crippen molar-refractivity contribution in [3.05, 3.63) is 45.6 Å². The second-order valence-corrected chi connectivity index (χ2v) is 8.05. The first-order chi connectivity index (χ1) is 13.6. The third-order valence-corrected chi connectivity index (χ3v) is 6.32. The minimum atomic E-state index is -0.0820. The van der Waals surface area contributed by atoms with Crippen LogP contribution in [0.15, 0.2) is 29.6 Å². The number of ether oxygens (including phenoxy) is 2. The summed E-state index contributed by atoms with van der Waals surface area (Å²) in [6.45, 7) is 2.13. The fraction of sp³-hybridized carbons (Fsp3) is 0.429. The van der Waals surface area contributed by atoms with Crippen molar-refractivity contribution in [3.63, 3.8) is 0 Å². The van der Waals surface area contributed by atoms with E-state index in [2.05, 4.69) is 6.07 Å². The van der Waals surface area contributed by atoms with Crippen LogP contribution < -0.4 is 9.47 Å². The second kappa shape index (κ2) is 7.83. The third-order valence-electron chi connectivity index (χ3n) is 5.40. The maximum atomic E-state index is 12.9. The molecule has 0 radical (unpaired) electrons. The van der Waals surface area contributed by atoms with Crippen LogP contribution in [0.2, 0.25) is 0 Å². The Morgan fingerprint density at radius 1 is 0.964 bits per heavy atom. The van der Waals surface area contributed by atoms with Gasteiger partial charge in [0, 0.05) is 32.2 Å². The lowest BCUT2D eigenvalue weighted by atomic mass is 10.1. The van der Waals surface area contributed by atoms with Crippen LogP contribution in [0.1, 0.15) is 44.4 Å². The number of carbonyl (C=O) groups is 2. The van der Waals surface area contributed by atoms with Crippen molar-refractivity contribution in [2.75, 3.05) is 40.4 Å². The average Bonchev–Trinajstić information content (AvgIpc) is 3.48. The molecule has 7 heteroatoms. The normalized spacial score (nSPS) is 16.8. The van der Waals surface area contributed by atoms with Crippen molar-refractivity contribution >= 4 is 23.2 Å². The van der Waals surface area contributed by atoms with E-state index >= 15 is 0 Å². The summed E-state index contributed by atoms with van der Waals surface area (Å²) in [6.07, 6.45) is 2.37. The Balaban J connectivity index is 1.42. The lowest BCUT2D eigenvalue weighted by molar-refractivity contribution is 0.0535. The Bertz CT molecular complexity index is 882. The molecule has 1 aliphatic heterocycles. The smallest absolute Gasteiger partial charge is 0.264 e. The van der Waals surface area contributed by atoms with E-state index < -0.39 is 0 Å². The quantitative estimate of drug-likeness (QED) is 0.773. The summed E-state index contributed by atoms with van der Waals surface area (Å²) in [5.74, 6) is 1.73. The molecule has 0 bridgehead atoms. The highest BCUT2D eigenvalue weighted by Gasteiger charge is 2.32. The fourth-order valence-electron chi connectivity index (χ4n) is 3.61. The Labute approximate surface area is 168 Å². The van der Waals surface area contributed by atoms with Gasteiger partial charge in [-0.15, -0.1) is 11.3 Å². The van der Waals surface area contributed by atoms with E-state index in [1.165, 1.54) is 29.7 Å². The van der Waals surface area contributed by atoms with Crippen LogP contribution >= 0.6 is 11.3 Å². The molecule has 0 N–H and O–H groups in total. The molecule has 1 aromatic carbocycles. The number of hydrogen-bond donors (Lipinski definition) is 0. The summed E-state index contributed by atoms with van der Waals surface area (Å²) in [7, 11) is 3.12. The molecule has 2 amide bonds. The molecular formula is C21H24N2O4S. The zero-order valence-corrected chi connectivity index (χ0v) is 17.0. The summed E-state index contributed by atoms with van der Waals surface area (Å²) >= 11 is 1.53. The zero-order chi connectivity index (χ0) is 19.7. The number of carbonyl (C=O) groups excluding carboxylic acids is 2. The van der Waals surface area contributed by atoms with Crippen LogP contribution in [0.5, 0.6) is 11.5 Å². The molecule has 2 aliphatic rings. The van der Waals surface area contributed by atoms with Gasteiger partial charge in [0.25, 0.3) is 11.8 Å². The highest BCUT2D eigenvalue weighted by molar-refractivity contribution is 7.12. The summed E-state index contributed by atoms with van der Waals surface area (Å²) in [4.78, 5) is 30.4. The highest BCUT2D eigenvalue weighted by atomic mass is 32.1. The van der Waals surface area contributed by atoms with E-state index in [1.54, 1.807) is 37.3 Å². The maximum absolute atomic E-state index is 12.9. The molecule has 4 rings (SSSR count). The zero-order valence-electron chi connectivity index (χ0n) is 16.1. The number of methoxy groups -OCH3 is 2. The summed E-state index contributed by atoms with van der Waals surface area (Å²) in [5.41, 5.74) is 1.72. The molecular weight excluding hydrogens is 376 g/mol. The molecule has 1 aliphatic carbocycles. The SMILES string of the molecule is COc1ccc(C(=O)N2CCN(C(=O)c3sccc3C3CC3)CC2)c(OC)c1. The molecule has 6 nitrogen and oxygen atoms in total. The van der Waals surface area contributed by atoms with Crippen molar-refractivity contribution < 1.29 is 19.1 Å². The largest absolute Gasteiger partial charge is 0.497 e. The molecule has 1 saturated heterocycles. The van der Waals surface area contributed by atoms with Gasteiger partial charge in [-0.05, 0) is 47.9 Å². The minimum absolute atomic E-state index is 0.0820. The van der Waals surface area contributed by atoms with E-state index in [0.717, 1.165) is 4.88 Å². The first-order valence-corrected chi connectivity index (χ1v) is 10.4. The van der Waals surface area contributed by atoms with E-state index in [-0.39, 0.29) is 11.8 Å². The van der Waals surface area contributed by atoms with Crippen LogP contribution in [0.4, 0.5) is 0 Å². The lowest BCUT2D eigenvalue weighted by Gasteiger charge is -2.35. The van der Waals surface area contributed by atoms with Crippen molar-refractivity contribution in [1.82, 2.24) is 9.80 Å². The number of nitrogens with zero attached hydrogens (tertiary/aromatic N) is 2. The number of rotatable bonds is 5. The highest BCUT2D eigenvalue weighted by Crippen LogP contribution is 2.43. The standard InChI is InChI=1S/C21H24N2O4S/c1-26-15-5-6-17(18(13-15)27-2)20(24)22-8-10-23(11-9-22)21(25)19-16(7-12-28-19)14-3-4-14/h5-7,12-14H,3-4,8-11H2,1-2H3. The van der Waals surface area contributed by atoms with Gasteiger partial charge in [0.05, 0.1) is 24.7 Å². The molecule has 1 saturated carbocycles. The van der Waals surface area contributed by atoms with Crippen molar-refractivity contribution in [2.24, 2.45) is 0 Å². The van der Waals surface area contributed by atoms with Gasteiger partial charge in [-0.3, -0.25) is 9.59 Å². The Hall–Kier alpha value is -2.54. The summed E-state index contributed by atoms with van der Waals surface area (Å²) in [6, 6.07) is 7.28. The van der Waals surface area contributed by atoms with Gasteiger partial charge < -0.3 is 19.3 Å². The number of thiophene rings is 1. The van der Waals surface area contributed by atoms with Crippen molar-refractivity contribution in [1.29, 1.82) is 0 Å². The monoisotopic (exact) mass is 400 g/mol. The van der Waals surface area contributed by atoms with Crippen molar-refractivity contribution in [2.45, 2.75) is 18.8 Å². The Kier molecular flexibility index (Phi) is 5.26. The Morgan fingerprint density at radius 3 is 2.25 bits per heavy atom. The average molecular weight is 401 g/mol. The van der Waals surface area contributed by atoms with Gasteiger partial charge in [-0.1, -0.05) is 0 Å². The molecule has 28 heavy (non-hydrogen) atoms. The molecule has 0 atom stereocenters. The third kappa shape index (κ3) is 3.58. The van der Waals surface area contributed by atoms with Crippen LogP contribution in [0.3, 0.4) is 0 Å². The molecule has 2 heterocycles. The van der Waals surface area contributed by atoms with E-state index in [0.29, 0.717) is 49.2 Å². The predicted molar refractivity (Wildman–Crippen MR) is 108 cm³/mol. The summed E-state index contributed by atoms with van der Waals surface area (Å²) < 4.78 is 10.6. The molecule has 2 aromatic rings. The first kappa shape index (κ1) is 18.8. The van der Waals surface area contributed by atoms with E-state index in [9.17, 15) is 9.59 Å². The number of benzene rings is 1. The minimum Gasteiger partial charge on any atom is -0.497 e. The second-order valence-electron chi connectivity index (χ2n) is 7.13. The van der Waals surface area contributed by atoms with Crippen LogP contribution in [-0.4, -0.2) is 62.0 Å². The molecule has 0 spiro atoms. The van der Waals surface area contributed by atoms with Gasteiger partial charge >= 0.3 is 0 Å².